The fraction of sp³-hybridized carbons (Fsp3) is 0.364. The van der Waals surface area contributed by atoms with Crippen molar-refractivity contribution in [1.29, 1.82) is 0 Å². The van der Waals surface area contributed by atoms with Crippen molar-refractivity contribution in [2.24, 2.45) is 0 Å². The summed E-state index contributed by atoms with van der Waals surface area (Å²) in [5.74, 6) is -0.161. The van der Waals surface area contributed by atoms with Crippen molar-refractivity contribution in [2.45, 2.75) is 13.5 Å². The van der Waals surface area contributed by atoms with E-state index in [-0.39, 0.29) is 13.1 Å². The lowest BCUT2D eigenvalue weighted by atomic mass is 10.1. The summed E-state index contributed by atoms with van der Waals surface area (Å²) in [6.45, 7) is 0.960. The molecule has 0 saturated heterocycles. The van der Waals surface area contributed by atoms with Gasteiger partial charge in [0, 0.05) is 12.6 Å². The molecule has 9 nitrogen and oxygen atoms in total. The number of hydrogen-bond acceptors (Lipinski definition) is 7. The molecule has 32 heavy (non-hydrogen) atoms. The lowest BCUT2D eigenvalue weighted by Crippen LogP contribution is -2.44. The Labute approximate surface area is 188 Å². The molecule has 0 unspecified atom stereocenters. The molecular formula is C22H28N2O7S. The lowest BCUT2D eigenvalue weighted by molar-refractivity contribution is -0.146. The highest BCUT2D eigenvalue weighted by Gasteiger charge is 2.26. The third kappa shape index (κ3) is 6.61. The minimum atomic E-state index is -3.77. The van der Waals surface area contributed by atoms with E-state index < -0.39 is 28.4 Å². The van der Waals surface area contributed by atoms with Gasteiger partial charge < -0.3 is 19.1 Å². The largest absolute Gasteiger partial charge is 0.497 e. The second-order valence-electron chi connectivity index (χ2n) is 7.10. The van der Waals surface area contributed by atoms with E-state index in [1.165, 1.54) is 26.2 Å². The van der Waals surface area contributed by atoms with E-state index in [4.69, 9.17) is 14.2 Å². The maximum Gasteiger partial charge on any atom is 0.325 e. The highest BCUT2D eigenvalue weighted by molar-refractivity contribution is 7.92. The Balaban J connectivity index is 2.38. The number of nitrogens with zero attached hydrogens (tertiary/aromatic N) is 2. The highest BCUT2D eigenvalue weighted by atomic mass is 32.2. The van der Waals surface area contributed by atoms with E-state index >= 15 is 0 Å². The zero-order valence-electron chi connectivity index (χ0n) is 18.8. The van der Waals surface area contributed by atoms with Gasteiger partial charge >= 0.3 is 5.97 Å². The van der Waals surface area contributed by atoms with Crippen LogP contribution < -0.4 is 13.8 Å². The van der Waals surface area contributed by atoms with Gasteiger partial charge in [-0.15, -0.1) is 0 Å². The Bertz CT molecular complexity index is 1050. The fourth-order valence-corrected chi connectivity index (χ4v) is 3.98. The summed E-state index contributed by atoms with van der Waals surface area (Å²) in [4.78, 5) is 26.4. The van der Waals surface area contributed by atoms with Gasteiger partial charge in [0.25, 0.3) is 0 Å². The van der Waals surface area contributed by atoms with Crippen molar-refractivity contribution >= 4 is 27.6 Å². The van der Waals surface area contributed by atoms with Gasteiger partial charge in [-0.3, -0.25) is 13.9 Å². The normalized spacial score (nSPS) is 10.9. The van der Waals surface area contributed by atoms with Crippen LogP contribution in [0.15, 0.2) is 42.5 Å². The number of carbonyl (C=O) groups is 2. The smallest absolute Gasteiger partial charge is 0.325 e. The zero-order valence-corrected chi connectivity index (χ0v) is 19.6. The minimum Gasteiger partial charge on any atom is -0.497 e. The van der Waals surface area contributed by atoms with Gasteiger partial charge in [0.1, 0.15) is 24.6 Å². The van der Waals surface area contributed by atoms with Crippen LogP contribution in [0.4, 0.5) is 5.69 Å². The molecule has 0 aliphatic heterocycles. The van der Waals surface area contributed by atoms with Gasteiger partial charge in [0.15, 0.2) is 0 Å². The molecule has 0 heterocycles. The number of benzene rings is 2. The first-order chi connectivity index (χ1) is 15.1. The summed E-state index contributed by atoms with van der Waals surface area (Å²) in [6.07, 6.45) is 1.03. The summed E-state index contributed by atoms with van der Waals surface area (Å²) >= 11 is 0. The molecule has 2 rings (SSSR count). The number of hydrogen-bond donors (Lipinski definition) is 0. The molecule has 0 atom stereocenters. The Kier molecular flexibility index (Phi) is 8.48. The predicted octanol–water partition coefficient (Wildman–Crippen LogP) is 1.98. The van der Waals surface area contributed by atoms with Gasteiger partial charge in [-0.05, 0) is 36.2 Å². The van der Waals surface area contributed by atoms with Crippen molar-refractivity contribution in [2.75, 3.05) is 45.0 Å². The third-order valence-corrected chi connectivity index (χ3v) is 5.87. The van der Waals surface area contributed by atoms with Crippen LogP contribution in [0, 0.1) is 6.92 Å². The Hall–Kier alpha value is -3.27. The molecule has 0 aliphatic carbocycles. The summed E-state index contributed by atoms with van der Waals surface area (Å²) < 4.78 is 41.2. The molecule has 0 bridgehead atoms. The Morgan fingerprint density at radius 2 is 1.53 bits per heavy atom. The summed E-state index contributed by atoms with van der Waals surface area (Å²) in [6, 6.07) is 11.9. The minimum absolute atomic E-state index is 0.0207. The number of amides is 1. The second kappa shape index (κ2) is 10.9. The number of methoxy groups -OCH3 is 3. The maximum atomic E-state index is 13.2. The van der Waals surface area contributed by atoms with Crippen molar-refractivity contribution in [3.05, 3.63) is 53.6 Å². The van der Waals surface area contributed by atoms with Crippen LogP contribution >= 0.6 is 0 Å². The van der Waals surface area contributed by atoms with Crippen LogP contribution in [0.5, 0.6) is 11.5 Å². The maximum absolute atomic E-state index is 13.2. The molecule has 0 radical (unpaired) electrons. The quantitative estimate of drug-likeness (QED) is 0.496. The zero-order chi connectivity index (χ0) is 23.9. The predicted molar refractivity (Wildman–Crippen MR) is 120 cm³/mol. The van der Waals surface area contributed by atoms with E-state index in [1.54, 1.807) is 49.4 Å². The molecule has 0 spiro atoms. The van der Waals surface area contributed by atoms with Gasteiger partial charge in [0.05, 0.1) is 33.3 Å². The molecule has 0 aromatic heterocycles. The third-order valence-electron chi connectivity index (χ3n) is 4.75. The van der Waals surface area contributed by atoms with E-state index in [1.807, 2.05) is 0 Å². The molecule has 10 heteroatoms. The Morgan fingerprint density at radius 1 is 0.938 bits per heavy atom. The average Bonchev–Trinajstić information content (AvgIpc) is 2.76. The molecule has 0 saturated carbocycles. The molecule has 0 aliphatic rings. The van der Waals surface area contributed by atoms with Crippen molar-refractivity contribution in [1.82, 2.24) is 4.90 Å². The fourth-order valence-electron chi connectivity index (χ4n) is 3.08. The van der Waals surface area contributed by atoms with Gasteiger partial charge in [-0.1, -0.05) is 18.2 Å². The van der Waals surface area contributed by atoms with Crippen LogP contribution in [-0.2, 0) is 30.9 Å². The van der Waals surface area contributed by atoms with Crippen LogP contribution in [0.2, 0.25) is 0 Å². The number of rotatable bonds is 10. The van der Waals surface area contributed by atoms with Crippen molar-refractivity contribution in [3.63, 3.8) is 0 Å². The van der Waals surface area contributed by atoms with Crippen molar-refractivity contribution < 1.29 is 32.2 Å². The van der Waals surface area contributed by atoms with E-state index in [0.717, 1.165) is 10.6 Å². The molecule has 0 fully saturated rings. The second-order valence-corrected chi connectivity index (χ2v) is 9.01. The number of esters is 1. The van der Waals surface area contributed by atoms with Gasteiger partial charge in [-0.2, -0.15) is 0 Å². The summed E-state index contributed by atoms with van der Waals surface area (Å²) in [5, 5.41) is 0. The van der Waals surface area contributed by atoms with Crippen molar-refractivity contribution in [3.8, 4) is 11.5 Å². The SMILES string of the molecule is COC(=O)CN(Cc1cc(OC)cc(OC)c1)C(=O)CN(c1ccccc1C)S(C)(=O)=O. The van der Waals surface area contributed by atoms with Crippen LogP contribution in [0.1, 0.15) is 11.1 Å². The van der Waals surface area contributed by atoms with Gasteiger partial charge in [-0.25, -0.2) is 8.42 Å². The standard InChI is InChI=1S/C22H28N2O7S/c1-16-8-6-7-9-20(16)24(32(5,27)28)14-21(25)23(15-22(26)31-4)13-17-10-18(29-2)12-19(11-17)30-3/h6-12H,13-15H2,1-5H3. The number of para-hydroxylation sites is 1. The molecule has 1 amide bonds. The molecule has 0 N–H and O–H groups in total. The first-order valence-electron chi connectivity index (χ1n) is 9.69. The lowest BCUT2D eigenvalue weighted by Gasteiger charge is -2.28. The van der Waals surface area contributed by atoms with Gasteiger partial charge in [0.2, 0.25) is 15.9 Å². The topological polar surface area (TPSA) is 102 Å². The highest BCUT2D eigenvalue weighted by Crippen LogP contribution is 2.25. The molecule has 174 valence electrons. The monoisotopic (exact) mass is 464 g/mol. The number of carbonyl (C=O) groups excluding carboxylic acids is 2. The van der Waals surface area contributed by atoms with Crippen LogP contribution in [0.3, 0.4) is 0 Å². The first kappa shape index (κ1) is 25.0. The van der Waals surface area contributed by atoms with E-state index in [0.29, 0.717) is 28.3 Å². The molecule has 2 aromatic rings. The number of sulfonamides is 1. The number of anilines is 1. The summed E-state index contributed by atoms with van der Waals surface area (Å²) in [5.41, 5.74) is 1.73. The first-order valence-corrected chi connectivity index (χ1v) is 11.5. The van der Waals surface area contributed by atoms with E-state index in [9.17, 15) is 18.0 Å². The Morgan fingerprint density at radius 3 is 2.03 bits per heavy atom. The number of aryl methyl sites for hydroxylation is 1. The number of ether oxygens (including phenoxy) is 3. The molecular weight excluding hydrogens is 436 g/mol. The average molecular weight is 465 g/mol. The van der Waals surface area contributed by atoms with Crippen LogP contribution in [0.25, 0.3) is 0 Å². The van der Waals surface area contributed by atoms with Crippen LogP contribution in [-0.4, -0.2) is 65.9 Å². The van der Waals surface area contributed by atoms with E-state index in [2.05, 4.69) is 0 Å². The molecule has 2 aromatic carbocycles. The summed E-state index contributed by atoms with van der Waals surface area (Å²) in [7, 11) is 0.455.